The van der Waals surface area contributed by atoms with Crippen molar-refractivity contribution in [3.05, 3.63) is 0 Å². The van der Waals surface area contributed by atoms with E-state index in [9.17, 15) is 0 Å². The highest BCUT2D eigenvalue weighted by Crippen LogP contribution is 2.19. The van der Waals surface area contributed by atoms with E-state index in [2.05, 4.69) is 19.2 Å². The summed E-state index contributed by atoms with van der Waals surface area (Å²) in [7, 11) is 0. The Bertz CT molecular complexity index is 162. The van der Waals surface area contributed by atoms with E-state index < -0.39 is 0 Å². The van der Waals surface area contributed by atoms with Crippen molar-refractivity contribution in [2.24, 2.45) is 5.92 Å². The predicted octanol–water partition coefficient (Wildman–Crippen LogP) is 3.75. The molecule has 1 aliphatic carbocycles. The molecule has 0 aliphatic heterocycles. The summed E-state index contributed by atoms with van der Waals surface area (Å²) in [5, 5.41) is 3.48. The van der Waals surface area contributed by atoms with Gasteiger partial charge in [-0.05, 0) is 44.7 Å². The number of hydrogen-bond donors (Lipinski definition) is 1. The van der Waals surface area contributed by atoms with Crippen LogP contribution in [0.25, 0.3) is 0 Å². The van der Waals surface area contributed by atoms with E-state index in [1.54, 1.807) is 0 Å². The molecule has 0 amide bonds. The molecule has 0 aromatic carbocycles. The fourth-order valence-corrected chi connectivity index (χ4v) is 2.40. The highest BCUT2D eigenvalue weighted by atomic mass is 16.5. The predicted molar refractivity (Wildman–Crippen MR) is 74.4 cm³/mol. The molecular formula is C15H31NO. The molecule has 0 aromatic heterocycles. The molecule has 0 radical (unpaired) electrons. The number of unbranched alkanes of at least 4 members (excludes halogenated alkanes) is 1. The second-order valence-electron chi connectivity index (χ2n) is 5.79. The molecule has 0 atom stereocenters. The monoisotopic (exact) mass is 241 g/mol. The van der Waals surface area contributed by atoms with Crippen LogP contribution in [0.3, 0.4) is 0 Å². The SMILES string of the molecule is CC(C)CNCCCCOC1CCCCCC1. The van der Waals surface area contributed by atoms with Crippen molar-refractivity contribution in [1.82, 2.24) is 5.32 Å². The first-order valence-electron chi connectivity index (χ1n) is 7.61. The van der Waals surface area contributed by atoms with E-state index in [1.807, 2.05) is 0 Å². The fraction of sp³-hybridized carbons (Fsp3) is 1.00. The lowest BCUT2D eigenvalue weighted by molar-refractivity contribution is 0.0410. The molecule has 1 fully saturated rings. The van der Waals surface area contributed by atoms with Crippen LogP contribution in [0.4, 0.5) is 0 Å². The molecule has 17 heavy (non-hydrogen) atoms. The van der Waals surface area contributed by atoms with Gasteiger partial charge in [0.25, 0.3) is 0 Å². The van der Waals surface area contributed by atoms with Gasteiger partial charge in [-0.1, -0.05) is 39.5 Å². The van der Waals surface area contributed by atoms with Crippen molar-refractivity contribution in [3.8, 4) is 0 Å². The molecule has 2 heteroatoms. The zero-order valence-corrected chi connectivity index (χ0v) is 11.8. The molecular weight excluding hydrogens is 210 g/mol. The Labute approximate surface area is 108 Å². The third-order valence-electron chi connectivity index (χ3n) is 3.46. The Morgan fingerprint density at radius 1 is 1.06 bits per heavy atom. The molecule has 0 bridgehead atoms. The Morgan fingerprint density at radius 2 is 1.76 bits per heavy atom. The Kier molecular flexibility index (Phi) is 8.72. The van der Waals surface area contributed by atoms with Crippen LogP contribution in [0.1, 0.15) is 65.2 Å². The van der Waals surface area contributed by atoms with E-state index in [4.69, 9.17) is 4.74 Å². The normalized spacial score (nSPS) is 18.5. The van der Waals surface area contributed by atoms with Crippen molar-refractivity contribution in [2.75, 3.05) is 19.7 Å². The smallest absolute Gasteiger partial charge is 0.0575 e. The minimum atomic E-state index is 0.570. The van der Waals surface area contributed by atoms with Gasteiger partial charge < -0.3 is 10.1 Å². The third kappa shape index (κ3) is 8.62. The largest absolute Gasteiger partial charge is 0.378 e. The maximum Gasteiger partial charge on any atom is 0.0575 e. The zero-order valence-electron chi connectivity index (χ0n) is 11.8. The summed E-state index contributed by atoms with van der Waals surface area (Å²) >= 11 is 0. The molecule has 102 valence electrons. The maximum absolute atomic E-state index is 5.96. The topological polar surface area (TPSA) is 21.3 Å². The van der Waals surface area contributed by atoms with Gasteiger partial charge in [-0.25, -0.2) is 0 Å². The van der Waals surface area contributed by atoms with Crippen molar-refractivity contribution in [1.29, 1.82) is 0 Å². The standard InChI is InChI=1S/C15H31NO/c1-14(2)13-16-11-7-8-12-17-15-9-5-3-4-6-10-15/h14-16H,3-13H2,1-2H3. The van der Waals surface area contributed by atoms with Crippen molar-refractivity contribution in [3.63, 3.8) is 0 Å². The molecule has 0 aromatic rings. The molecule has 0 saturated heterocycles. The van der Waals surface area contributed by atoms with E-state index in [0.29, 0.717) is 6.10 Å². The summed E-state index contributed by atoms with van der Waals surface area (Å²) in [6.45, 7) is 7.76. The lowest BCUT2D eigenvalue weighted by Crippen LogP contribution is -2.21. The van der Waals surface area contributed by atoms with Crippen LogP contribution >= 0.6 is 0 Å². The lowest BCUT2D eigenvalue weighted by atomic mass is 10.1. The average molecular weight is 241 g/mol. The number of rotatable bonds is 8. The minimum absolute atomic E-state index is 0.570. The Hall–Kier alpha value is -0.0800. The highest BCUT2D eigenvalue weighted by molar-refractivity contribution is 4.64. The van der Waals surface area contributed by atoms with Crippen LogP contribution in [0.2, 0.25) is 0 Å². The van der Waals surface area contributed by atoms with Gasteiger partial charge in [-0.15, -0.1) is 0 Å². The van der Waals surface area contributed by atoms with Crippen molar-refractivity contribution in [2.45, 2.75) is 71.3 Å². The summed E-state index contributed by atoms with van der Waals surface area (Å²) in [4.78, 5) is 0. The highest BCUT2D eigenvalue weighted by Gasteiger charge is 2.11. The minimum Gasteiger partial charge on any atom is -0.378 e. The molecule has 0 unspecified atom stereocenters. The first kappa shape index (κ1) is 15.0. The molecule has 2 nitrogen and oxygen atoms in total. The fourth-order valence-electron chi connectivity index (χ4n) is 2.40. The molecule has 1 rings (SSSR count). The third-order valence-corrected chi connectivity index (χ3v) is 3.46. The molecule has 1 saturated carbocycles. The second-order valence-corrected chi connectivity index (χ2v) is 5.79. The van der Waals surface area contributed by atoms with E-state index in [-0.39, 0.29) is 0 Å². The van der Waals surface area contributed by atoms with Crippen LogP contribution in [-0.2, 0) is 4.74 Å². The zero-order chi connectivity index (χ0) is 12.3. The van der Waals surface area contributed by atoms with Gasteiger partial charge in [0.2, 0.25) is 0 Å². The molecule has 1 N–H and O–H groups in total. The molecule has 0 spiro atoms. The first-order chi connectivity index (χ1) is 8.29. The number of hydrogen-bond acceptors (Lipinski definition) is 2. The number of ether oxygens (including phenoxy) is 1. The van der Waals surface area contributed by atoms with Gasteiger partial charge in [0.1, 0.15) is 0 Å². The van der Waals surface area contributed by atoms with Crippen LogP contribution in [-0.4, -0.2) is 25.8 Å². The quantitative estimate of drug-likeness (QED) is 0.516. The summed E-state index contributed by atoms with van der Waals surface area (Å²) in [6.07, 6.45) is 11.2. The summed E-state index contributed by atoms with van der Waals surface area (Å²) < 4.78 is 5.96. The second kappa shape index (κ2) is 9.90. The van der Waals surface area contributed by atoms with Crippen LogP contribution in [0, 0.1) is 5.92 Å². The Balaban J connectivity index is 1.86. The van der Waals surface area contributed by atoms with Crippen LogP contribution in [0.5, 0.6) is 0 Å². The first-order valence-corrected chi connectivity index (χ1v) is 7.61. The van der Waals surface area contributed by atoms with Crippen LogP contribution in [0.15, 0.2) is 0 Å². The molecule has 0 heterocycles. The van der Waals surface area contributed by atoms with Gasteiger partial charge >= 0.3 is 0 Å². The summed E-state index contributed by atoms with van der Waals surface area (Å²) in [6, 6.07) is 0. The van der Waals surface area contributed by atoms with Gasteiger partial charge in [-0.3, -0.25) is 0 Å². The van der Waals surface area contributed by atoms with Gasteiger partial charge in [0, 0.05) is 6.61 Å². The van der Waals surface area contributed by atoms with Gasteiger partial charge in [0.05, 0.1) is 6.10 Å². The van der Waals surface area contributed by atoms with Gasteiger partial charge in [0.15, 0.2) is 0 Å². The average Bonchev–Trinajstić information content (AvgIpc) is 2.56. The van der Waals surface area contributed by atoms with Gasteiger partial charge in [-0.2, -0.15) is 0 Å². The maximum atomic E-state index is 5.96. The molecule has 1 aliphatic rings. The summed E-state index contributed by atoms with van der Waals surface area (Å²) in [5.41, 5.74) is 0. The Morgan fingerprint density at radius 3 is 2.41 bits per heavy atom. The van der Waals surface area contributed by atoms with E-state index >= 15 is 0 Å². The van der Waals surface area contributed by atoms with E-state index in [1.165, 1.54) is 51.4 Å². The van der Waals surface area contributed by atoms with E-state index in [0.717, 1.165) is 25.6 Å². The van der Waals surface area contributed by atoms with Crippen molar-refractivity contribution < 1.29 is 4.74 Å². The number of nitrogens with one attached hydrogen (secondary N) is 1. The lowest BCUT2D eigenvalue weighted by Gasteiger charge is -2.15. The van der Waals surface area contributed by atoms with Crippen LogP contribution < -0.4 is 5.32 Å². The van der Waals surface area contributed by atoms with Crippen molar-refractivity contribution >= 4 is 0 Å². The summed E-state index contributed by atoms with van der Waals surface area (Å²) in [5.74, 6) is 0.761.